The van der Waals surface area contributed by atoms with Crippen LogP contribution >= 0.6 is 0 Å². The zero-order valence-electron chi connectivity index (χ0n) is 19.3. The fraction of sp³-hybridized carbons (Fsp3) is 0.600. The molecule has 1 aliphatic carbocycles. The molecule has 2 heterocycles. The number of piperidine rings is 1. The molecule has 33 heavy (non-hydrogen) atoms. The summed E-state index contributed by atoms with van der Waals surface area (Å²) in [6.07, 6.45) is 7.13. The molecule has 1 aromatic rings. The molecule has 3 aliphatic rings. The molecule has 4 amide bonds. The normalized spacial score (nSPS) is 26.2. The zero-order chi connectivity index (χ0) is 23.5. The van der Waals surface area contributed by atoms with Crippen LogP contribution in [0.4, 0.5) is 0 Å². The third-order valence-corrected chi connectivity index (χ3v) is 7.41. The highest BCUT2D eigenvalue weighted by Gasteiger charge is 2.40. The van der Waals surface area contributed by atoms with Crippen LogP contribution in [0.1, 0.15) is 92.2 Å². The largest absolute Gasteiger partial charge is 0.369 e. The molecule has 0 spiro atoms. The quantitative estimate of drug-likeness (QED) is 0.521. The van der Waals surface area contributed by atoms with Gasteiger partial charge in [-0.15, -0.1) is 0 Å². The fourth-order valence-corrected chi connectivity index (χ4v) is 5.50. The summed E-state index contributed by atoms with van der Waals surface area (Å²) in [5.41, 5.74) is 8.24. The lowest BCUT2D eigenvalue weighted by Crippen LogP contribution is -2.52. The number of nitrogens with zero attached hydrogens (tertiary/aromatic N) is 1. The second-order valence-corrected chi connectivity index (χ2v) is 9.59. The van der Waals surface area contributed by atoms with Gasteiger partial charge in [0.05, 0.1) is 0 Å². The third-order valence-electron chi connectivity index (χ3n) is 7.41. The lowest BCUT2D eigenvalue weighted by Gasteiger charge is -2.32. The van der Waals surface area contributed by atoms with Gasteiger partial charge in [-0.05, 0) is 55.7 Å². The van der Waals surface area contributed by atoms with Crippen LogP contribution in [0.5, 0.6) is 0 Å². The highest BCUT2D eigenvalue weighted by atomic mass is 16.2. The van der Waals surface area contributed by atoms with E-state index in [2.05, 4.69) is 23.6 Å². The highest BCUT2D eigenvalue weighted by Crippen LogP contribution is 2.35. The molecule has 1 aromatic carbocycles. The lowest BCUT2D eigenvalue weighted by molar-refractivity contribution is -0.137. The Morgan fingerprint density at radius 3 is 2.61 bits per heavy atom. The van der Waals surface area contributed by atoms with Crippen LogP contribution in [0.25, 0.3) is 0 Å². The molecule has 0 radical (unpaired) electrons. The van der Waals surface area contributed by atoms with E-state index in [-0.39, 0.29) is 42.0 Å². The molecule has 1 saturated carbocycles. The molecule has 2 fully saturated rings. The van der Waals surface area contributed by atoms with E-state index < -0.39 is 6.04 Å². The van der Waals surface area contributed by atoms with Crippen LogP contribution in [-0.4, -0.2) is 40.6 Å². The first kappa shape index (κ1) is 23.4. The molecule has 2 aliphatic heterocycles. The number of rotatable bonds is 8. The molecule has 1 saturated heterocycles. The molecule has 0 unspecified atom stereocenters. The molecule has 0 aromatic heterocycles. The van der Waals surface area contributed by atoms with Gasteiger partial charge in [-0.2, -0.15) is 0 Å². The number of carbonyl (C=O) groups excluding carboxylic acids is 4. The van der Waals surface area contributed by atoms with Gasteiger partial charge in [0, 0.05) is 36.5 Å². The Morgan fingerprint density at radius 1 is 1.18 bits per heavy atom. The summed E-state index contributed by atoms with van der Waals surface area (Å²) in [6.45, 7) is 2.55. The van der Waals surface area contributed by atoms with Crippen LogP contribution < -0.4 is 16.4 Å². The number of primary amides is 1. The van der Waals surface area contributed by atoms with Crippen molar-refractivity contribution in [2.24, 2.45) is 11.7 Å². The summed E-state index contributed by atoms with van der Waals surface area (Å²) >= 11 is 0. The molecule has 2 atom stereocenters. The molecule has 4 N–H and O–H groups in total. The van der Waals surface area contributed by atoms with Gasteiger partial charge in [-0.3, -0.25) is 24.5 Å². The van der Waals surface area contributed by atoms with Crippen molar-refractivity contribution in [3.63, 3.8) is 0 Å². The molecule has 178 valence electrons. The van der Waals surface area contributed by atoms with Crippen molar-refractivity contribution in [3.05, 3.63) is 34.9 Å². The van der Waals surface area contributed by atoms with Gasteiger partial charge in [0.2, 0.25) is 17.7 Å². The summed E-state index contributed by atoms with van der Waals surface area (Å²) in [6, 6.07) is 5.64. The van der Waals surface area contributed by atoms with E-state index in [1.807, 2.05) is 12.1 Å². The number of fused-ring (bicyclic) bond motifs is 1. The summed E-state index contributed by atoms with van der Waals surface area (Å²) in [5.74, 6) is -1.05. The number of hydrogen-bond acceptors (Lipinski definition) is 5. The van der Waals surface area contributed by atoms with E-state index in [0.717, 1.165) is 56.1 Å². The van der Waals surface area contributed by atoms with Crippen LogP contribution in [0.3, 0.4) is 0 Å². The van der Waals surface area contributed by atoms with E-state index in [1.165, 1.54) is 0 Å². The van der Waals surface area contributed by atoms with Crippen LogP contribution in [0.2, 0.25) is 0 Å². The Morgan fingerprint density at radius 2 is 1.94 bits per heavy atom. The van der Waals surface area contributed by atoms with Gasteiger partial charge in [0.1, 0.15) is 6.04 Å². The minimum atomic E-state index is -0.610. The van der Waals surface area contributed by atoms with Crippen LogP contribution in [0.15, 0.2) is 18.2 Å². The standard InChI is InChI=1S/C25H34N4O4/c1-2-3-7-20(27-16-10-8-15(9-11-16)23(26)31)17-5-4-6-18-19(17)14-29(25(18)33)21-12-13-22(30)28-24(21)32/h4-6,15-16,20-21,27H,2-3,7-14H2,1H3,(H2,26,31)(H,28,30,32)/t15?,16?,20-,21-/m1/s1. The monoisotopic (exact) mass is 454 g/mol. The summed E-state index contributed by atoms with van der Waals surface area (Å²) in [5, 5.41) is 6.18. The maximum Gasteiger partial charge on any atom is 0.255 e. The van der Waals surface area contributed by atoms with Gasteiger partial charge >= 0.3 is 0 Å². The van der Waals surface area contributed by atoms with E-state index >= 15 is 0 Å². The summed E-state index contributed by atoms with van der Waals surface area (Å²) < 4.78 is 0. The number of imide groups is 1. The minimum Gasteiger partial charge on any atom is -0.369 e. The Balaban J connectivity index is 1.53. The van der Waals surface area contributed by atoms with Gasteiger partial charge in [-0.1, -0.05) is 31.9 Å². The molecule has 0 bridgehead atoms. The first-order valence-corrected chi connectivity index (χ1v) is 12.2. The topological polar surface area (TPSA) is 122 Å². The maximum absolute atomic E-state index is 13.2. The fourth-order valence-electron chi connectivity index (χ4n) is 5.50. The van der Waals surface area contributed by atoms with Crippen molar-refractivity contribution < 1.29 is 19.2 Å². The second kappa shape index (κ2) is 10.0. The smallest absolute Gasteiger partial charge is 0.255 e. The van der Waals surface area contributed by atoms with Crippen molar-refractivity contribution >= 4 is 23.6 Å². The molecule has 4 rings (SSSR count). The van der Waals surface area contributed by atoms with Crippen molar-refractivity contribution in [2.45, 2.75) is 89.4 Å². The first-order valence-electron chi connectivity index (χ1n) is 12.2. The Labute approximate surface area is 194 Å². The SMILES string of the molecule is CCCC[C@@H](NC1CCC(C(N)=O)CC1)c1cccc2c1CN([C@@H]1CCC(=O)NC1=O)C2=O. The van der Waals surface area contributed by atoms with Gasteiger partial charge in [0.15, 0.2) is 0 Å². The molecule has 8 heteroatoms. The van der Waals surface area contributed by atoms with E-state index in [0.29, 0.717) is 24.6 Å². The number of benzene rings is 1. The Bertz CT molecular complexity index is 938. The summed E-state index contributed by atoms with van der Waals surface area (Å²) in [4.78, 5) is 50.3. The maximum atomic E-state index is 13.2. The van der Waals surface area contributed by atoms with Crippen molar-refractivity contribution in [1.82, 2.24) is 15.5 Å². The Kier molecular flexibility index (Phi) is 7.12. The number of nitrogens with two attached hydrogens (primary N) is 1. The van der Waals surface area contributed by atoms with Gasteiger partial charge < -0.3 is 16.0 Å². The average Bonchev–Trinajstić information content (AvgIpc) is 3.13. The predicted molar refractivity (Wildman–Crippen MR) is 123 cm³/mol. The van der Waals surface area contributed by atoms with Crippen LogP contribution in [0, 0.1) is 5.92 Å². The van der Waals surface area contributed by atoms with Gasteiger partial charge in [0.25, 0.3) is 5.91 Å². The Hall–Kier alpha value is -2.74. The third kappa shape index (κ3) is 4.95. The van der Waals surface area contributed by atoms with E-state index in [4.69, 9.17) is 5.73 Å². The summed E-state index contributed by atoms with van der Waals surface area (Å²) in [7, 11) is 0. The number of carbonyl (C=O) groups is 4. The first-order chi connectivity index (χ1) is 15.9. The van der Waals surface area contributed by atoms with E-state index in [1.54, 1.807) is 4.90 Å². The molecular formula is C25H34N4O4. The van der Waals surface area contributed by atoms with Crippen molar-refractivity contribution in [2.75, 3.05) is 0 Å². The zero-order valence-corrected chi connectivity index (χ0v) is 19.3. The molecular weight excluding hydrogens is 420 g/mol. The predicted octanol–water partition coefficient (Wildman–Crippen LogP) is 2.31. The van der Waals surface area contributed by atoms with E-state index in [9.17, 15) is 19.2 Å². The van der Waals surface area contributed by atoms with Crippen molar-refractivity contribution in [3.8, 4) is 0 Å². The number of nitrogens with one attached hydrogen (secondary N) is 2. The number of amides is 4. The second-order valence-electron chi connectivity index (χ2n) is 9.59. The minimum absolute atomic E-state index is 0.0298. The van der Waals surface area contributed by atoms with Crippen LogP contribution in [-0.2, 0) is 20.9 Å². The number of unbranched alkanes of at least 4 members (excludes halogenated alkanes) is 1. The van der Waals surface area contributed by atoms with Crippen molar-refractivity contribution in [1.29, 1.82) is 0 Å². The average molecular weight is 455 g/mol. The highest BCUT2D eigenvalue weighted by molar-refractivity contribution is 6.05. The number of hydrogen-bond donors (Lipinski definition) is 3. The molecule has 8 nitrogen and oxygen atoms in total. The van der Waals surface area contributed by atoms with Gasteiger partial charge in [-0.25, -0.2) is 0 Å². The lowest BCUT2D eigenvalue weighted by atomic mass is 9.84.